The van der Waals surface area contributed by atoms with Crippen LogP contribution in [0.2, 0.25) is 5.02 Å². The fourth-order valence-corrected chi connectivity index (χ4v) is 3.50. The van der Waals surface area contributed by atoms with Crippen molar-refractivity contribution in [3.8, 4) is 0 Å². The maximum absolute atomic E-state index is 14.1. The Hall–Kier alpha value is -0.680. The van der Waals surface area contributed by atoms with Crippen LogP contribution in [0.5, 0.6) is 0 Å². The summed E-state index contributed by atoms with van der Waals surface area (Å²) in [5.74, 6) is -0.193. The molecule has 3 rings (SSSR count). The van der Waals surface area contributed by atoms with E-state index in [1.807, 2.05) is 0 Å². The molecule has 5 heteroatoms. The molecule has 2 aliphatic heterocycles. The monoisotopic (exact) mass is 298 g/mol. The Morgan fingerprint density at radius 2 is 2.00 bits per heavy atom. The minimum absolute atomic E-state index is 0.0199. The number of hydrogen-bond donors (Lipinski definition) is 1. The average molecular weight is 299 g/mol. The third kappa shape index (κ3) is 2.84. The predicted molar refractivity (Wildman–Crippen MR) is 77.5 cm³/mol. The van der Waals surface area contributed by atoms with Crippen LogP contribution in [0.25, 0.3) is 0 Å². The van der Waals surface area contributed by atoms with Crippen LogP contribution in [0.3, 0.4) is 0 Å². The molecule has 2 N–H and O–H groups in total. The predicted octanol–water partition coefficient (Wildman–Crippen LogP) is 2.38. The van der Waals surface area contributed by atoms with E-state index in [9.17, 15) is 4.39 Å². The molecule has 110 valence electrons. The molecule has 0 amide bonds. The number of nitrogens with zero attached hydrogens (tertiary/aromatic N) is 1. The molecule has 3 nitrogen and oxygen atoms in total. The average Bonchev–Trinajstić information content (AvgIpc) is 2.82. The van der Waals surface area contributed by atoms with E-state index < -0.39 is 0 Å². The molecule has 1 unspecified atom stereocenters. The maximum atomic E-state index is 14.1. The molecule has 0 bridgehead atoms. The first kappa shape index (κ1) is 14.3. The molecule has 2 heterocycles. The van der Waals surface area contributed by atoms with E-state index in [1.165, 1.54) is 6.07 Å². The minimum Gasteiger partial charge on any atom is -0.381 e. The zero-order valence-corrected chi connectivity index (χ0v) is 12.2. The van der Waals surface area contributed by atoms with Gasteiger partial charge in [-0.05, 0) is 30.5 Å². The summed E-state index contributed by atoms with van der Waals surface area (Å²) in [5, 5.41) is 0.430. The van der Waals surface area contributed by atoms with Crippen molar-refractivity contribution in [3.05, 3.63) is 34.6 Å². The summed E-state index contributed by atoms with van der Waals surface area (Å²) in [4.78, 5) is 2.39. The van der Waals surface area contributed by atoms with Crippen molar-refractivity contribution in [2.75, 3.05) is 26.3 Å². The van der Waals surface area contributed by atoms with E-state index in [0.29, 0.717) is 16.6 Å². The summed E-state index contributed by atoms with van der Waals surface area (Å²) in [6.45, 7) is 3.29. The lowest BCUT2D eigenvalue weighted by Crippen LogP contribution is -2.39. The number of rotatable bonds is 2. The highest BCUT2D eigenvalue weighted by atomic mass is 35.5. The first-order valence-corrected chi connectivity index (χ1v) is 7.55. The molecule has 0 aromatic heterocycles. The number of nitrogens with two attached hydrogens (primary N) is 1. The van der Waals surface area contributed by atoms with Crippen LogP contribution in [0.15, 0.2) is 18.2 Å². The summed E-state index contributed by atoms with van der Waals surface area (Å²) < 4.78 is 19.5. The van der Waals surface area contributed by atoms with E-state index in [0.717, 1.165) is 39.1 Å². The second kappa shape index (κ2) is 5.98. The van der Waals surface area contributed by atoms with Crippen molar-refractivity contribution < 1.29 is 9.13 Å². The van der Waals surface area contributed by atoms with E-state index in [2.05, 4.69) is 4.90 Å². The van der Waals surface area contributed by atoms with Crippen molar-refractivity contribution in [2.24, 2.45) is 5.73 Å². The van der Waals surface area contributed by atoms with Gasteiger partial charge in [0.25, 0.3) is 0 Å². The Kier molecular flexibility index (Phi) is 4.26. The van der Waals surface area contributed by atoms with Gasteiger partial charge in [0.15, 0.2) is 0 Å². The Morgan fingerprint density at radius 3 is 2.70 bits per heavy atom. The lowest BCUT2D eigenvalue weighted by atomic mass is 9.94. The van der Waals surface area contributed by atoms with Gasteiger partial charge in [0.1, 0.15) is 5.82 Å². The highest BCUT2D eigenvalue weighted by molar-refractivity contribution is 6.30. The smallest absolute Gasteiger partial charge is 0.128 e. The number of likely N-dealkylation sites (tertiary alicyclic amines) is 1. The van der Waals surface area contributed by atoms with Gasteiger partial charge in [0.05, 0.1) is 0 Å². The van der Waals surface area contributed by atoms with E-state index in [-0.39, 0.29) is 17.8 Å². The number of halogens is 2. The van der Waals surface area contributed by atoms with Crippen molar-refractivity contribution in [2.45, 2.75) is 30.8 Å². The molecular formula is C15H20ClFN2O. The molecule has 0 radical (unpaired) electrons. The van der Waals surface area contributed by atoms with Gasteiger partial charge in [-0.1, -0.05) is 17.7 Å². The van der Waals surface area contributed by atoms with Crippen LogP contribution >= 0.6 is 11.6 Å². The van der Waals surface area contributed by atoms with Gasteiger partial charge in [-0.25, -0.2) is 4.39 Å². The molecule has 1 aromatic rings. The lowest BCUT2D eigenvalue weighted by Gasteiger charge is -2.31. The van der Waals surface area contributed by atoms with Crippen molar-refractivity contribution in [3.63, 3.8) is 0 Å². The Morgan fingerprint density at radius 1 is 1.25 bits per heavy atom. The Labute approximate surface area is 123 Å². The second-order valence-corrected chi connectivity index (χ2v) is 6.17. The van der Waals surface area contributed by atoms with Crippen molar-refractivity contribution >= 4 is 11.6 Å². The standard InChI is InChI=1S/C15H20ClFN2O/c16-10-1-2-12(14(17)7-10)13-8-19(9-15(13)18)11-3-5-20-6-4-11/h1-2,7,11,13,15H,3-6,8-9,18H2/t13-,15?/m0/s1. The first-order chi connectivity index (χ1) is 9.65. The van der Waals surface area contributed by atoms with Gasteiger partial charge in [-0.2, -0.15) is 0 Å². The fourth-order valence-electron chi connectivity index (χ4n) is 3.34. The van der Waals surface area contributed by atoms with Crippen LogP contribution < -0.4 is 5.73 Å². The third-order valence-corrected chi connectivity index (χ3v) is 4.70. The van der Waals surface area contributed by atoms with E-state index in [1.54, 1.807) is 12.1 Å². The van der Waals surface area contributed by atoms with E-state index in [4.69, 9.17) is 22.1 Å². The van der Waals surface area contributed by atoms with Crippen LogP contribution in [-0.4, -0.2) is 43.3 Å². The number of hydrogen-bond acceptors (Lipinski definition) is 3. The Balaban J connectivity index is 1.74. The first-order valence-electron chi connectivity index (χ1n) is 7.17. The third-order valence-electron chi connectivity index (χ3n) is 4.46. The molecule has 2 saturated heterocycles. The summed E-state index contributed by atoms with van der Waals surface area (Å²) in [7, 11) is 0. The minimum atomic E-state index is -0.244. The van der Waals surface area contributed by atoms with E-state index >= 15 is 0 Å². The zero-order chi connectivity index (χ0) is 14.1. The van der Waals surface area contributed by atoms with Crippen molar-refractivity contribution in [1.82, 2.24) is 4.90 Å². The molecule has 2 fully saturated rings. The molecule has 0 aliphatic carbocycles. The SMILES string of the molecule is NC1CN(C2CCOCC2)C[C@H]1c1ccc(Cl)cc1F. The van der Waals surface area contributed by atoms with Crippen LogP contribution in [0.4, 0.5) is 4.39 Å². The molecule has 1 aromatic carbocycles. The highest BCUT2D eigenvalue weighted by Crippen LogP contribution is 2.32. The topological polar surface area (TPSA) is 38.5 Å². The summed E-state index contributed by atoms with van der Waals surface area (Å²) in [5.41, 5.74) is 6.93. The molecule has 2 atom stereocenters. The van der Waals surface area contributed by atoms with Crippen molar-refractivity contribution in [1.29, 1.82) is 0 Å². The van der Waals surface area contributed by atoms with Crippen LogP contribution in [-0.2, 0) is 4.74 Å². The second-order valence-electron chi connectivity index (χ2n) is 5.73. The normalized spacial score (nSPS) is 28.9. The number of benzene rings is 1. The summed E-state index contributed by atoms with van der Waals surface area (Å²) >= 11 is 5.81. The maximum Gasteiger partial charge on any atom is 0.128 e. The van der Waals surface area contributed by atoms with Crippen LogP contribution in [0.1, 0.15) is 24.3 Å². The lowest BCUT2D eigenvalue weighted by molar-refractivity contribution is 0.0416. The zero-order valence-electron chi connectivity index (χ0n) is 11.4. The molecule has 0 saturated carbocycles. The highest BCUT2D eigenvalue weighted by Gasteiger charge is 2.36. The molecule has 0 spiro atoms. The quantitative estimate of drug-likeness (QED) is 0.911. The summed E-state index contributed by atoms with van der Waals surface area (Å²) in [6.07, 6.45) is 2.09. The van der Waals surface area contributed by atoms with Gasteiger partial charge >= 0.3 is 0 Å². The summed E-state index contributed by atoms with van der Waals surface area (Å²) in [6, 6.07) is 5.39. The largest absolute Gasteiger partial charge is 0.381 e. The molecular weight excluding hydrogens is 279 g/mol. The van der Waals surface area contributed by atoms with Gasteiger partial charge in [0, 0.05) is 49.3 Å². The van der Waals surface area contributed by atoms with Gasteiger partial charge in [-0.15, -0.1) is 0 Å². The Bertz CT molecular complexity index is 479. The molecule has 20 heavy (non-hydrogen) atoms. The number of ether oxygens (including phenoxy) is 1. The van der Waals surface area contributed by atoms with Gasteiger partial charge in [0.2, 0.25) is 0 Å². The van der Waals surface area contributed by atoms with Crippen LogP contribution in [0, 0.1) is 5.82 Å². The molecule has 2 aliphatic rings. The van der Waals surface area contributed by atoms with Gasteiger partial charge < -0.3 is 10.5 Å². The fraction of sp³-hybridized carbons (Fsp3) is 0.600. The van der Waals surface area contributed by atoms with Gasteiger partial charge in [-0.3, -0.25) is 4.90 Å².